The van der Waals surface area contributed by atoms with Gasteiger partial charge in [0.15, 0.2) is 5.58 Å². The Bertz CT molecular complexity index is 1080. The fourth-order valence-electron chi connectivity index (χ4n) is 2.27. The zero-order chi connectivity index (χ0) is 18.9. The van der Waals surface area contributed by atoms with E-state index >= 15 is 0 Å². The molecule has 1 heterocycles. The highest BCUT2D eigenvalue weighted by Crippen LogP contribution is 2.30. The summed E-state index contributed by atoms with van der Waals surface area (Å²) < 4.78 is 31.1. The van der Waals surface area contributed by atoms with Gasteiger partial charge >= 0.3 is 0 Å². The zero-order valence-corrected chi connectivity index (χ0v) is 15.6. The molecule has 0 aliphatic rings. The molecule has 0 spiro atoms. The van der Waals surface area contributed by atoms with E-state index in [1.165, 1.54) is 44.1 Å². The van der Waals surface area contributed by atoms with Crippen molar-refractivity contribution < 1.29 is 17.8 Å². The van der Waals surface area contributed by atoms with Crippen molar-refractivity contribution in [3.63, 3.8) is 0 Å². The monoisotopic (exact) mass is 393 g/mol. The second kappa shape index (κ2) is 7.06. The van der Waals surface area contributed by atoms with E-state index in [0.717, 1.165) is 4.31 Å². The van der Waals surface area contributed by atoms with Crippen LogP contribution >= 0.6 is 11.8 Å². The average molecular weight is 393 g/mol. The van der Waals surface area contributed by atoms with E-state index in [-0.39, 0.29) is 10.6 Å². The van der Waals surface area contributed by atoms with Gasteiger partial charge in [0.05, 0.1) is 9.82 Å². The molecule has 0 aliphatic heterocycles. The smallest absolute Gasteiger partial charge is 0.273 e. The number of para-hydroxylation sites is 1. The van der Waals surface area contributed by atoms with E-state index in [9.17, 15) is 18.5 Å². The van der Waals surface area contributed by atoms with Crippen LogP contribution < -0.4 is 0 Å². The Kier molecular flexibility index (Phi) is 4.99. The maximum atomic E-state index is 12.2. The molecule has 1 aromatic heterocycles. The molecule has 0 saturated carbocycles. The van der Waals surface area contributed by atoms with Crippen molar-refractivity contribution >= 4 is 38.6 Å². The number of nitro groups is 1. The van der Waals surface area contributed by atoms with Gasteiger partial charge in [0.2, 0.25) is 10.0 Å². The summed E-state index contributed by atoms with van der Waals surface area (Å²) in [4.78, 5) is 15.0. The molecule has 0 unspecified atom stereocenters. The Labute approximate surface area is 154 Å². The normalized spacial score (nSPS) is 12.0. The van der Waals surface area contributed by atoms with Crippen LogP contribution in [0, 0.1) is 10.1 Å². The fraction of sp³-hybridized carbons (Fsp3) is 0.188. The molecular weight excluding hydrogens is 378 g/mol. The summed E-state index contributed by atoms with van der Waals surface area (Å²) in [6, 6.07) is 10.9. The average Bonchev–Trinajstić information content (AvgIpc) is 3.02. The summed E-state index contributed by atoms with van der Waals surface area (Å²) in [5, 5.41) is 11.4. The predicted molar refractivity (Wildman–Crippen MR) is 97.5 cm³/mol. The number of hydrogen-bond donors (Lipinski definition) is 0. The number of aromatic nitrogens is 1. The Morgan fingerprint density at radius 3 is 2.65 bits per heavy atom. The van der Waals surface area contributed by atoms with Crippen LogP contribution in [-0.2, 0) is 15.8 Å². The van der Waals surface area contributed by atoms with Crippen molar-refractivity contribution in [2.75, 3.05) is 14.1 Å². The topological polar surface area (TPSA) is 107 Å². The van der Waals surface area contributed by atoms with Crippen molar-refractivity contribution in [1.29, 1.82) is 0 Å². The van der Waals surface area contributed by atoms with Crippen LogP contribution in [0.2, 0.25) is 0 Å². The van der Waals surface area contributed by atoms with E-state index in [1.807, 2.05) is 0 Å². The van der Waals surface area contributed by atoms with Crippen LogP contribution in [0.15, 0.2) is 57.0 Å². The van der Waals surface area contributed by atoms with Gasteiger partial charge in [-0.05, 0) is 18.2 Å². The lowest BCUT2D eigenvalue weighted by atomic mass is 10.2. The molecule has 0 amide bonds. The molecule has 0 aliphatic carbocycles. The molecule has 0 bridgehead atoms. The van der Waals surface area contributed by atoms with E-state index in [0.29, 0.717) is 27.6 Å². The van der Waals surface area contributed by atoms with Gasteiger partial charge in [-0.3, -0.25) is 10.1 Å². The lowest BCUT2D eigenvalue weighted by Crippen LogP contribution is -2.22. The van der Waals surface area contributed by atoms with Gasteiger partial charge < -0.3 is 4.42 Å². The molecule has 2 aromatic carbocycles. The Morgan fingerprint density at radius 1 is 1.23 bits per heavy atom. The highest BCUT2D eigenvalue weighted by atomic mass is 32.2. The second-order valence-electron chi connectivity index (χ2n) is 5.57. The lowest BCUT2D eigenvalue weighted by Gasteiger charge is -2.10. The van der Waals surface area contributed by atoms with Crippen molar-refractivity contribution in [3.8, 4) is 0 Å². The van der Waals surface area contributed by atoms with E-state index in [2.05, 4.69) is 4.98 Å². The van der Waals surface area contributed by atoms with Crippen LogP contribution in [0.1, 0.15) is 5.56 Å². The quantitative estimate of drug-likeness (QED) is 0.359. The van der Waals surface area contributed by atoms with Gasteiger partial charge in [-0.1, -0.05) is 30.0 Å². The first-order valence-electron chi connectivity index (χ1n) is 7.47. The Hall–Kier alpha value is -2.43. The van der Waals surface area contributed by atoms with E-state index < -0.39 is 14.9 Å². The molecule has 0 radical (unpaired) electrons. The summed E-state index contributed by atoms with van der Waals surface area (Å²) in [6.45, 7) is 0. The number of benzene rings is 2. The molecule has 0 N–H and O–H groups in total. The number of nitrogens with zero attached hydrogens (tertiary/aromatic N) is 3. The fourth-order valence-corrected chi connectivity index (χ4v) is 4.03. The SMILES string of the molecule is CN(C)S(=O)(=O)c1ccc2oc(SCc3ccccc3[N+](=O)[O-])nc2c1. The van der Waals surface area contributed by atoms with Crippen molar-refractivity contribution in [3.05, 3.63) is 58.1 Å². The summed E-state index contributed by atoms with van der Waals surface area (Å²) in [6.07, 6.45) is 0. The van der Waals surface area contributed by atoms with Crippen LogP contribution in [0.3, 0.4) is 0 Å². The first-order valence-corrected chi connectivity index (χ1v) is 9.90. The molecule has 0 saturated heterocycles. The number of oxazole rings is 1. The predicted octanol–water partition coefficient (Wildman–Crippen LogP) is 3.28. The van der Waals surface area contributed by atoms with Gasteiger partial charge in [0.1, 0.15) is 5.52 Å². The Morgan fingerprint density at radius 2 is 1.96 bits per heavy atom. The summed E-state index contributed by atoms with van der Waals surface area (Å²) in [5.41, 5.74) is 1.46. The van der Waals surface area contributed by atoms with Crippen molar-refractivity contribution in [2.24, 2.45) is 0 Å². The van der Waals surface area contributed by atoms with E-state index in [1.54, 1.807) is 24.3 Å². The molecule has 3 aromatic rings. The van der Waals surface area contributed by atoms with Crippen LogP contribution in [0.25, 0.3) is 11.1 Å². The van der Waals surface area contributed by atoms with Gasteiger partial charge in [-0.25, -0.2) is 17.7 Å². The molecule has 3 rings (SSSR count). The summed E-state index contributed by atoms with van der Waals surface area (Å²) >= 11 is 1.21. The number of rotatable bonds is 6. The number of thioether (sulfide) groups is 1. The Balaban J connectivity index is 1.86. The summed E-state index contributed by atoms with van der Waals surface area (Å²) in [5.74, 6) is 0.312. The molecular formula is C16H15N3O5S2. The van der Waals surface area contributed by atoms with E-state index in [4.69, 9.17) is 4.42 Å². The van der Waals surface area contributed by atoms with Crippen molar-refractivity contribution in [2.45, 2.75) is 15.9 Å². The number of hydrogen-bond acceptors (Lipinski definition) is 7. The lowest BCUT2D eigenvalue weighted by molar-refractivity contribution is -0.385. The minimum atomic E-state index is -3.56. The molecule has 136 valence electrons. The highest BCUT2D eigenvalue weighted by molar-refractivity contribution is 7.98. The maximum absolute atomic E-state index is 12.2. The molecule has 0 fully saturated rings. The molecule has 0 atom stereocenters. The second-order valence-corrected chi connectivity index (χ2v) is 8.65. The summed E-state index contributed by atoms with van der Waals surface area (Å²) in [7, 11) is -0.650. The van der Waals surface area contributed by atoms with Crippen molar-refractivity contribution in [1.82, 2.24) is 9.29 Å². The number of fused-ring (bicyclic) bond motifs is 1. The maximum Gasteiger partial charge on any atom is 0.273 e. The highest BCUT2D eigenvalue weighted by Gasteiger charge is 2.19. The first kappa shape index (κ1) is 18.4. The largest absolute Gasteiger partial charge is 0.431 e. The standard InChI is InChI=1S/C16H15N3O5S2/c1-18(2)26(22,23)12-7-8-15-13(9-12)17-16(24-15)25-10-11-5-3-4-6-14(11)19(20)21/h3-9H,10H2,1-2H3. The van der Waals surface area contributed by atoms with Gasteiger partial charge in [0.25, 0.3) is 10.9 Å². The minimum Gasteiger partial charge on any atom is -0.431 e. The third kappa shape index (κ3) is 3.57. The number of sulfonamides is 1. The first-order chi connectivity index (χ1) is 12.3. The minimum absolute atomic E-state index is 0.0375. The zero-order valence-electron chi connectivity index (χ0n) is 13.9. The third-order valence-electron chi connectivity index (χ3n) is 3.66. The van der Waals surface area contributed by atoms with Crippen LogP contribution in [0.4, 0.5) is 5.69 Å². The van der Waals surface area contributed by atoms with Gasteiger partial charge in [0, 0.05) is 31.5 Å². The third-order valence-corrected chi connectivity index (χ3v) is 6.35. The van der Waals surface area contributed by atoms with Gasteiger partial charge in [-0.2, -0.15) is 0 Å². The molecule has 8 nitrogen and oxygen atoms in total. The van der Waals surface area contributed by atoms with Gasteiger partial charge in [-0.15, -0.1) is 0 Å². The molecule has 10 heteroatoms. The number of nitro benzene ring substituents is 1. The van der Waals surface area contributed by atoms with Crippen LogP contribution in [0.5, 0.6) is 0 Å². The van der Waals surface area contributed by atoms with Crippen LogP contribution in [-0.4, -0.2) is 36.7 Å². The molecule has 26 heavy (non-hydrogen) atoms.